The van der Waals surface area contributed by atoms with Crippen LogP contribution < -0.4 is 11.5 Å². The van der Waals surface area contributed by atoms with E-state index in [0.717, 1.165) is 0 Å². The van der Waals surface area contributed by atoms with Crippen molar-refractivity contribution >= 4 is 5.96 Å². The molecule has 0 fully saturated rings. The Morgan fingerprint density at radius 3 is 1.40 bits per heavy atom. The zero-order valence-corrected chi connectivity index (χ0v) is 3.71. The van der Waals surface area contributed by atoms with E-state index in [4.69, 9.17) is 5.41 Å². The Morgan fingerprint density at radius 2 is 1.40 bits per heavy atom. The number of nitrogens with one attached hydrogen (secondary N) is 1. The number of nitrogens with two attached hydrogens (primary N) is 2. The summed E-state index contributed by atoms with van der Waals surface area (Å²) in [5.41, 5.74) is 8.94. The first-order chi connectivity index (χ1) is 1.73. The third-order valence-corrected chi connectivity index (χ3v) is 0. The van der Waals surface area contributed by atoms with Crippen LogP contribution in [0.15, 0.2) is 0 Å². The van der Waals surface area contributed by atoms with Gasteiger partial charge in [0.25, 0.3) is 0 Å². The molecule has 0 aliphatic carbocycles. The summed E-state index contributed by atoms with van der Waals surface area (Å²) in [6, 6.07) is 0. The van der Waals surface area contributed by atoms with E-state index in [9.17, 15) is 0 Å². The van der Waals surface area contributed by atoms with Crippen molar-refractivity contribution in [2.24, 2.45) is 11.5 Å². The molecule has 31 valence electrons. The quantitative estimate of drug-likeness (QED) is 0.211. The standard InChI is InChI=1S/CH5N3.Mn/c2-1(3)4;/h(H5,2,3,4);. The van der Waals surface area contributed by atoms with Crippen molar-refractivity contribution in [2.45, 2.75) is 0 Å². The average Bonchev–Trinajstić information content (AvgIpc) is 0.811. The van der Waals surface area contributed by atoms with Gasteiger partial charge in [-0.1, -0.05) is 0 Å². The van der Waals surface area contributed by atoms with Crippen molar-refractivity contribution < 1.29 is 17.1 Å². The molecule has 1 radical (unpaired) electrons. The zero-order valence-electron chi connectivity index (χ0n) is 2.53. The topological polar surface area (TPSA) is 75.9 Å². The second-order valence-electron chi connectivity index (χ2n) is 0.455. The van der Waals surface area contributed by atoms with Gasteiger partial charge in [0, 0.05) is 17.1 Å². The number of guanidine groups is 1. The summed E-state index contributed by atoms with van der Waals surface area (Å²) in [6.07, 6.45) is 0. The normalized spacial score (nSPS) is 4.80. The molecule has 0 spiro atoms. The molecule has 0 aliphatic rings. The van der Waals surface area contributed by atoms with Crippen molar-refractivity contribution in [2.75, 3.05) is 0 Å². The molecular formula is CH5MnN3. The van der Waals surface area contributed by atoms with Crippen molar-refractivity contribution in [3.63, 3.8) is 0 Å². The molecule has 0 aromatic carbocycles. The molecule has 0 aromatic rings. The van der Waals surface area contributed by atoms with E-state index in [0.29, 0.717) is 0 Å². The Bertz CT molecular complexity index is 29.9. The van der Waals surface area contributed by atoms with Crippen molar-refractivity contribution in [3.8, 4) is 0 Å². The van der Waals surface area contributed by atoms with Crippen molar-refractivity contribution in [1.82, 2.24) is 0 Å². The summed E-state index contributed by atoms with van der Waals surface area (Å²) in [7, 11) is 0. The summed E-state index contributed by atoms with van der Waals surface area (Å²) in [6.45, 7) is 0. The molecule has 4 heteroatoms. The van der Waals surface area contributed by atoms with Gasteiger partial charge in [-0.25, -0.2) is 0 Å². The van der Waals surface area contributed by atoms with Gasteiger partial charge < -0.3 is 11.5 Å². The van der Waals surface area contributed by atoms with E-state index in [1.165, 1.54) is 0 Å². The zero-order chi connectivity index (χ0) is 3.58. The molecule has 0 aliphatic heterocycles. The van der Waals surface area contributed by atoms with Gasteiger partial charge in [-0.05, 0) is 0 Å². The first-order valence-electron chi connectivity index (χ1n) is 0.827. The molecule has 0 amide bonds. The molecule has 0 saturated heterocycles. The monoisotopic (exact) mass is 114 g/mol. The van der Waals surface area contributed by atoms with Gasteiger partial charge in [-0.2, -0.15) is 0 Å². The van der Waals surface area contributed by atoms with Crippen LogP contribution in [0.25, 0.3) is 0 Å². The van der Waals surface area contributed by atoms with E-state index in [1.807, 2.05) is 0 Å². The van der Waals surface area contributed by atoms with Gasteiger partial charge in [0.1, 0.15) is 0 Å². The van der Waals surface area contributed by atoms with Crippen LogP contribution >= 0.6 is 0 Å². The molecule has 0 aromatic heterocycles. The molecule has 0 rings (SSSR count). The van der Waals surface area contributed by atoms with Gasteiger partial charge in [-0.3, -0.25) is 5.41 Å². The van der Waals surface area contributed by atoms with E-state index >= 15 is 0 Å². The fourth-order valence-corrected chi connectivity index (χ4v) is 0. The van der Waals surface area contributed by atoms with Crippen LogP contribution in [0, 0.1) is 5.41 Å². The van der Waals surface area contributed by atoms with Gasteiger partial charge >= 0.3 is 0 Å². The minimum atomic E-state index is -0.333. The van der Waals surface area contributed by atoms with Crippen LogP contribution in [0.2, 0.25) is 0 Å². The van der Waals surface area contributed by atoms with Crippen LogP contribution in [0.1, 0.15) is 0 Å². The number of hydrogen-bond donors (Lipinski definition) is 3. The summed E-state index contributed by atoms with van der Waals surface area (Å²) in [5.74, 6) is -0.333. The Labute approximate surface area is 40.7 Å². The Morgan fingerprint density at radius 1 is 1.40 bits per heavy atom. The summed E-state index contributed by atoms with van der Waals surface area (Å²) >= 11 is 0. The van der Waals surface area contributed by atoms with Crippen LogP contribution in [-0.4, -0.2) is 5.96 Å². The average molecular weight is 114 g/mol. The fourth-order valence-electron chi connectivity index (χ4n) is 0. The predicted molar refractivity (Wildman–Crippen MR) is 16.1 cm³/mol. The van der Waals surface area contributed by atoms with Gasteiger partial charge in [-0.15, -0.1) is 0 Å². The van der Waals surface area contributed by atoms with E-state index in [2.05, 4.69) is 11.5 Å². The maximum absolute atomic E-state index is 6.06. The predicted octanol–water partition coefficient (Wildman–Crippen LogP) is -1.16. The van der Waals surface area contributed by atoms with Crippen LogP contribution in [0.5, 0.6) is 0 Å². The van der Waals surface area contributed by atoms with Gasteiger partial charge in [0.15, 0.2) is 5.96 Å². The maximum Gasteiger partial charge on any atom is 0.183 e. The third-order valence-electron chi connectivity index (χ3n) is 0. The van der Waals surface area contributed by atoms with Crippen molar-refractivity contribution in [1.29, 1.82) is 5.41 Å². The molecular weight excluding hydrogens is 109 g/mol. The molecule has 0 saturated carbocycles. The molecule has 3 nitrogen and oxygen atoms in total. The second-order valence-corrected chi connectivity index (χ2v) is 0.455. The molecule has 5 heavy (non-hydrogen) atoms. The van der Waals surface area contributed by atoms with Crippen LogP contribution in [0.3, 0.4) is 0 Å². The van der Waals surface area contributed by atoms with E-state index in [-0.39, 0.29) is 23.0 Å². The summed E-state index contributed by atoms with van der Waals surface area (Å²) in [5, 5.41) is 6.06. The molecule has 0 atom stereocenters. The maximum atomic E-state index is 6.06. The number of hydrogen-bond acceptors (Lipinski definition) is 1. The van der Waals surface area contributed by atoms with Gasteiger partial charge in [0.05, 0.1) is 0 Å². The summed E-state index contributed by atoms with van der Waals surface area (Å²) < 4.78 is 0. The fraction of sp³-hybridized carbons (Fsp3) is 0. The smallest absolute Gasteiger partial charge is 0.183 e. The number of rotatable bonds is 0. The van der Waals surface area contributed by atoms with Crippen molar-refractivity contribution in [3.05, 3.63) is 0 Å². The SMILES string of the molecule is N=C(N)N.[Mn]. The second kappa shape index (κ2) is 3.79. The molecule has 0 unspecified atom stereocenters. The first-order valence-corrected chi connectivity index (χ1v) is 0.827. The summed E-state index contributed by atoms with van der Waals surface area (Å²) in [4.78, 5) is 0. The minimum absolute atomic E-state index is 0. The molecule has 0 heterocycles. The Balaban J connectivity index is 0. The largest absolute Gasteiger partial charge is 0.370 e. The van der Waals surface area contributed by atoms with Crippen LogP contribution in [0.4, 0.5) is 0 Å². The van der Waals surface area contributed by atoms with Gasteiger partial charge in [0.2, 0.25) is 0 Å². The Kier molecular flexibility index (Phi) is 6.70. The minimum Gasteiger partial charge on any atom is -0.370 e. The third kappa shape index (κ3) is 274. The van der Waals surface area contributed by atoms with E-state index < -0.39 is 0 Å². The van der Waals surface area contributed by atoms with E-state index in [1.54, 1.807) is 0 Å². The molecule has 5 N–H and O–H groups in total. The Hall–Kier alpha value is -0.211. The molecule has 0 bridgehead atoms. The first kappa shape index (κ1) is 8.84. The van der Waals surface area contributed by atoms with Crippen LogP contribution in [-0.2, 0) is 17.1 Å².